The first kappa shape index (κ1) is 21.1. The Kier molecular flexibility index (Phi) is 5.04. The van der Waals surface area contributed by atoms with E-state index in [9.17, 15) is 5.11 Å². The van der Waals surface area contributed by atoms with Gasteiger partial charge in [-0.3, -0.25) is 0 Å². The first-order valence-corrected chi connectivity index (χ1v) is 14.8. The van der Waals surface area contributed by atoms with Gasteiger partial charge in [0.05, 0.1) is 12.2 Å². The van der Waals surface area contributed by atoms with Gasteiger partial charge in [-0.05, 0) is 97.6 Å². The summed E-state index contributed by atoms with van der Waals surface area (Å²) < 4.78 is 6.79. The van der Waals surface area contributed by atoms with Crippen molar-refractivity contribution in [2.75, 3.05) is 0 Å². The van der Waals surface area contributed by atoms with Crippen molar-refractivity contribution < 1.29 is 9.53 Å². The fourth-order valence-electron chi connectivity index (χ4n) is 7.39. The van der Waals surface area contributed by atoms with Gasteiger partial charge in [0.2, 0.25) is 0 Å². The zero-order valence-corrected chi connectivity index (χ0v) is 20.4. The molecule has 3 heteroatoms. The van der Waals surface area contributed by atoms with Gasteiger partial charge in [-0.15, -0.1) is 0 Å². The van der Waals surface area contributed by atoms with Crippen LogP contribution in [0.2, 0.25) is 18.1 Å². The molecule has 0 aliphatic heterocycles. The summed E-state index contributed by atoms with van der Waals surface area (Å²) in [5.41, 5.74) is 0.530. The largest absolute Gasteiger partial charge is 0.411 e. The Morgan fingerprint density at radius 3 is 2.39 bits per heavy atom. The van der Waals surface area contributed by atoms with Crippen molar-refractivity contribution in [3.63, 3.8) is 0 Å². The Hall–Kier alpha value is -0.123. The predicted octanol–water partition coefficient (Wildman–Crippen LogP) is 6.56. The summed E-state index contributed by atoms with van der Waals surface area (Å²) in [6.07, 6.45) is 14.0. The molecule has 4 aliphatic rings. The number of hydrogen-bond donors (Lipinski definition) is 1. The molecule has 2 nitrogen and oxygen atoms in total. The van der Waals surface area contributed by atoms with Crippen molar-refractivity contribution in [2.24, 2.45) is 34.5 Å². The highest BCUT2D eigenvalue weighted by Crippen LogP contribution is 2.65. The van der Waals surface area contributed by atoms with E-state index < -0.39 is 8.32 Å². The number of hydrogen-bond acceptors (Lipinski definition) is 2. The Balaban J connectivity index is 1.54. The molecule has 0 aromatic carbocycles. The van der Waals surface area contributed by atoms with E-state index in [-0.39, 0.29) is 16.6 Å². The SMILES string of the molecule is CC(C)(C)[Si](C)(C)O[C@H]1C=C[C@@]2(C)[C@H](CC[C@@H]3[C@H]2CC[C@@]2(C)[C@@H]3CC[C@@H]2O)C1. The second-order valence-electron chi connectivity index (χ2n) is 12.7. The van der Waals surface area contributed by atoms with Gasteiger partial charge in [0.25, 0.3) is 0 Å². The number of aliphatic hydroxyl groups is 1. The lowest BCUT2D eigenvalue weighted by Gasteiger charge is -2.59. The van der Waals surface area contributed by atoms with Crippen molar-refractivity contribution in [3.05, 3.63) is 12.2 Å². The molecule has 0 radical (unpaired) electrons. The monoisotopic (exact) mass is 404 g/mol. The van der Waals surface area contributed by atoms with Crippen LogP contribution in [0.25, 0.3) is 0 Å². The summed E-state index contributed by atoms with van der Waals surface area (Å²) in [5.74, 6) is 3.14. The predicted molar refractivity (Wildman–Crippen MR) is 120 cm³/mol. The van der Waals surface area contributed by atoms with E-state index in [1.807, 2.05) is 0 Å². The molecule has 8 atom stereocenters. The molecular weight excluding hydrogens is 360 g/mol. The van der Waals surface area contributed by atoms with Crippen LogP contribution in [0.1, 0.15) is 79.6 Å². The molecule has 0 unspecified atom stereocenters. The first-order valence-electron chi connectivity index (χ1n) is 11.9. The molecule has 0 aromatic heterocycles. The van der Waals surface area contributed by atoms with Crippen LogP contribution >= 0.6 is 0 Å². The maximum atomic E-state index is 10.7. The van der Waals surface area contributed by atoms with Gasteiger partial charge in [-0.2, -0.15) is 0 Å². The number of allylic oxidation sites excluding steroid dienone is 1. The van der Waals surface area contributed by atoms with E-state index in [1.165, 1.54) is 38.5 Å². The van der Waals surface area contributed by atoms with Crippen molar-refractivity contribution in [1.29, 1.82) is 0 Å². The standard InChI is InChI=1S/C25H44O2Si/c1-23(2,3)28(6,7)27-18-12-14-24(4)17(16-18)8-9-19-20-10-11-22(26)25(20,5)15-13-21(19)24/h12,14,17-22,26H,8-11,13,15-16H2,1-7H3/t17-,18+,19+,20-,21-,22+,24+,25+/m1/s1. The summed E-state index contributed by atoms with van der Waals surface area (Å²) >= 11 is 0. The maximum absolute atomic E-state index is 10.7. The van der Waals surface area contributed by atoms with Gasteiger partial charge in [-0.25, -0.2) is 0 Å². The first-order chi connectivity index (χ1) is 12.9. The van der Waals surface area contributed by atoms with Gasteiger partial charge in [0.1, 0.15) is 0 Å². The van der Waals surface area contributed by atoms with E-state index in [0.29, 0.717) is 11.5 Å². The van der Waals surface area contributed by atoms with Crippen LogP contribution < -0.4 is 0 Å². The molecule has 4 rings (SSSR count). The maximum Gasteiger partial charge on any atom is 0.192 e. The summed E-state index contributed by atoms with van der Waals surface area (Å²) in [5, 5.41) is 10.9. The molecule has 0 amide bonds. The van der Waals surface area contributed by atoms with Crippen LogP contribution in [-0.4, -0.2) is 25.6 Å². The van der Waals surface area contributed by atoms with E-state index >= 15 is 0 Å². The van der Waals surface area contributed by atoms with Crippen molar-refractivity contribution in [1.82, 2.24) is 0 Å². The number of fused-ring (bicyclic) bond motifs is 5. The average Bonchev–Trinajstić information content (AvgIpc) is 2.89. The Bertz CT molecular complexity index is 635. The van der Waals surface area contributed by atoms with Crippen LogP contribution in [0.3, 0.4) is 0 Å². The van der Waals surface area contributed by atoms with Crippen LogP contribution in [0.15, 0.2) is 12.2 Å². The van der Waals surface area contributed by atoms with E-state index in [0.717, 1.165) is 30.1 Å². The minimum absolute atomic E-state index is 0.0618. The Labute approximate surface area is 174 Å². The summed E-state index contributed by atoms with van der Waals surface area (Å²) in [6.45, 7) is 16.8. The fourth-order valence-corrected chi connectivity index (χ4v) is 8.68. The van der Waals surface area contributed by atoms with Gasteiger partial charge < -0.3 is 9.53 Å². The van der Waals surface area contributed by atoms with E-state index in [4.69, 9.17) is 4.43 Å². The number of rotatable bonds is 2. The van der Waals surface area contributed by atoms with Crippen molar-refractivity contribution in [2.45, 2.75) is 110 Å². The molecule has 0 heterocycles. The molecule has 160 valence electrons. The molecule has 1 N–H and O–H groups in total. The lowest BCUT2D eigenvalue weighted by Crippen LogP contribution is -2.54. The summed E-state index contributed by atoms with van der Waals surface area (Å²) in [6, 6.07) is 0. The minimum atomic E-state index is -1.72. The fraction of sp³-hybridized carbons (Fsp3) is 0.920. The smallest absolute Gasteiger partial charge is 0.192 e. The van der Waals surface area contributed by atoms with Crippen molar-refractivity contribution in [3.8, 4) is 0 Å². The molecule has 4 aliphatic carbocycles. The third kappa shape index (κ3) is 3.10. The van der Waals surface area contributed by atoms with Crippen LogP contribution in [0.4, 0.5) is 0 Å². The van der Waals surface area contributed by atoms with Crippen molar-refractivity contribution >= 4 is 8.32 Å². The normalized spacial score (nSPS) is 48.7. The van der Waals surface area contributed by atoms with Crippen LogP contribution in [-0.2, 0) is 4.43 Å². The van der Waals surface area contributed by atoms with Gasteiger partial charge in [0.15, 0.2) is 8.32 Å². The minimum Gasteiger partial charge on any atom is -0.411 e. The van der Waals surface area contributed by atoms with Crippen LogP contribution in [0.5, 0.6) is 0 Å². The van der Waals surface area contributed by atoms with E-state index in [1.54, 1.807) is 0 Å². The molecule has 3 fully saturated rings. The highest BCUT2D eigenvalue weighted by atomic mass is 28.4. The Morgan fingerprint density at radius 1 is 1.00 bits per heavy atom. The highest BCUT2D eigenvalue weighted by Gasteiger charge is 2.59. The highest BCUT2D eigenvalue weighted by molar-refractivity contribution is 6.74. The number of aliphatic hydroxyl groups excluding tert-OH is 1. The second kappa shape index (κ2) is 6.69. The van der Waals surface area contributed by atoms with Gasteiger partial charge >= 0.3 is 0 Å². The molecule has 0 aromatic rings. The summed E-state index contributed by atoms with van der Waals surface area (Å²) in [7, 11) is -1.72. The van der Waals surface area contributed by atoms with E-state index in [2.05, 4.69) is 59.9 Å². The molecule has 0 spiro atoms. The molecular formula is C25H44O2Si. The quantitative estimate of drug-likeness (QED) is 0.417. The van der Waals surface area contributed by atoms with Gasteiger partial charge in [0, 0.05) is 0 Å². The third-order valence-electron chi connectivity index (χ3n) is 10.4. The molecule has 3 saturated carbocycles. The average molecular weight is 405 g/mol. The summed E-state index contributed by atoms with van der Waals surface area (Å²) in [4.78, 5) is 0. The molecule has 0 bridgehead atoms. The zero-order chi connectivity index (χ0) is 20.5. The Morgan fingerprint density at radius 2 is 1.71 bits per heavy atom. The van der Waals surface area contributed by atoms with Gasteiger partial charge in [-0.1, -0.05) is 46.8 Å². The topological polar surface area (TPSA) is 29.5 Å². The molecule has 0 saturated heterocycles. The lowest BCUT2D eigenvalue weighted by atomic mass is 9.46. The molecule has 28 heavy (non-hydrogen) atoms. The zero-order valence-electron chi connectivity index (χ0n) is 19.4. The third-order valence-corrected chi connectivity index (χ3v) is 14.9. The lowest BCUT2D eigenvalue weighted by molar-refractivity contribution is -0.0989. The second-order valence-corrected chi connectivity index (χ2v) is 17.4. The van der Waals surface area contributed by atoms with Crippen LogP contribution in [0, 0.1) is 34.5 Å².